The SMILES string of the molecule is CCCC(C)c1cccc2ccccc12.CCCC(C)c1ccccc1.CCCCc1ccc(C)cc1. The van der Waals surface area contributed by atoms with Gasteiger partial charge >= 0.3 is 0 Å². The molecule has 0 spiro atoms. The van der Waals surface area contributed by atoms with Crippen molar-refractivity contribution >= 4 is 10.8 Å². The Morgan fingerprint density at radius 1 is 0.568 bits per heavy atom. The first-order chi connectivity index (χ1) is 18.0. The van der Waals surface area contributed by atoms with E-state index < -0.39 is 0 Å². The van der Waals surface area contributed by atoms with E-state index in [0.717, 1.165) is 5.92 Å². The van der Waals surface area contributed by atoms with E-state index in [1.54, 1.807) is 0 Å². The quantitative estimate of drug-likeness (QED) is 0.217. The highest BCUT2D eigenvalue weighted by Gasteiger charge is 2.07. The molecular weight excluding hydrogens is 444 g/mol. The molecule has 0 aliphatic rings. The zero-order valence-corrected chi connectivity index (χ0v) is 24.3. The predicted octanol–water partition coefficient (Wildman–Crippen LogP) is 11.7. The second-order valence-corrected chi connectivity index (χ2v) is 10.4. The molecule has 4 aromatic carbocycles. The van der Waals surface area contributed by atoms with Gasteiger partial charge in [-0.15, -0.1) is 0 Å². The van der Waals surface area contributed by atoms with Crippen molar-refractivity contribution in [1.82, 2.24) is 0 Å². The third kappa shape index (κ3) is 11.0. The standard InChI is InChI=1S/C15H18.2C11H16/c1-3-7-12(2)14-11-6-9-13-8-4-5-10-15(13)14;1-3-7-10(2)11-8-5-4-6-9-11;1-3-4-5-11-8-6-10(2)7-9-11/h4-6,8-12H,3,7H2,1-2H3;4-6,8-10H,3,7H2,1-2H3;6-9H,3-5H2,1-2H3. The molecule has 0 heteroatoms. The van der Waals surface area contributed by atoms with E-state index in [4.69, 9.17) is 0 Å². The number of benzene rings is 4. The molecule has 0 aliphatic carbocycles. The van der Waals surface area contributed by atoms with Crippen LogP contribution >= 0.6 is 0 Å². The maximum atomic E-state index is 2.32. The molecule has 2 atom stereocenters. The molecule has 0 heterocycles. The van der Waals surface area contributed by atoms with Crippen molar-refractivity contribution in [3.8, 4) is 0 Å². The fraction of sp³-hybridized carbons (Fsp3) is 0.405. The summed E-state index contributed by atoms with van der Waals surface area (Å²) in [6.45, 7) is 13.5. The van der Waals surface area contributed by atoms with E-state index >= 15 is 0 Å². The van der Waals surface area contributed by atoms with Crippen molar-refractivity contribution in [2.24, 2.45) is 0 Å². The second-order valence-electron chi connectivity index (χ2n) is 10.4. The third-order valence-corrected chi connectivity index (χ3v) is 7.11. The number of rotatable bonds is 9. The molecule has 0 saturated carbocycles. The lowest BCUT2D eigenvalue weighted by Gasteiger charge is -2.13. The summed E-state index contributed by atoms with van der Waals surface area (Å²) < 4.78 is 0. The zero-order valence-electron chi connectivity index (χ0n) is 24.3. The van der Waals surface area contributed by atoms with Crippen molar-refractivity contribution in [2.75, 3.05) is 0 Å². The van der Waals surface area contributed by atoms with Crippen molar-refractivity contribution in [3.05, 3.63) is 119 Å². The molecule has 0 aliphatic heterocycles. The lowest BCUT2D eigenvalue weighted by Crippen LogP contribution is -1.93. The highest BCUT2D eigenvalue weighted by atomic mass is 14.1. The topological polar surface area (TPSA) is 0 Å². The van der Waals surface area contributed by atoms with Crippen molar-refractivity contribution in [1.29, 1.82) is 0 Å². The predicted molar refractivity (Wildman–Crippen MR) is 167 cm³/mol. The Labute approximate surface area is 228 Å². The van der Waals surface area contributed by atoms with Gasteiger partial charge in [-0.2, -0.15) is 0 Å². The summed E-state index contributed by atoms with van der Waals surface area (Å²) in [5.41, 5.74) is 5.78. The molecule has 2 unspecified atom stereocenters. The molecule has 0 fully saturated rings. The molecule has 0 aromatic heterocycles. The number of hydrogen-bond donors (Lipinski definition) is 0. The van der Waals surface area contributed by atoms with Crippen LogP contribution in [0.2, 0.25) is 0 Å². The van der Waals surface area contributed by atoms with Gasteiger partial charge in [0.1, 0.15) is 0 Å². The molecule has 0 amide bonds. The maximum absolute atomic E-state index is 2.32. The lowest BCUT2D eigenvalue weighted by atomic mass is 9.92. The minimum atomic E-state index is 0.668. The van der Waals surface area contributed by atoms with E-state index in [1.165, 1.54) is 78.0 Å². The molecule has 0 N–H and O–H groups in total. The number of hydrogen-bond acceptors (Lipinski definition) is 0. The van der Waals surface area contributed by atoms with Gasteiger partial charge in [0.05, 0.1) is 0 Å². The summed E-state index contributed by atoms with van der Waals surface area (Å²) in [5.74, 6) is 1.39. The Morgan fingerprint density at radius 2 is 1.16 bits per heavy atom. The highest BCUT2D eigenvalue weighted by molar-refractivity contribution is 5.86. The van der Waals surface area contributed by atoms with Crippen LogP contribution in [0.1, 0.15) is 107 Å². The van der Waals surface area contributed by atoms with Gasteiger partial charge in [-0.1, -0.05) is 157 Å². The van der Waals surface area contributed by atoms with Crippen LogP contribution in [0.15, 0.2) is 97.1 Å². The monoisotopic (exact) mass is 494 g/mol. The minimum Gasteiger partial charge on any atom is -0.0654 e. The second kappa shape index (κ2) is 17.6. The first-order valence-corrected chi connectivity index (χ1v) is 14.6. The van der Waals surface area contributed by atoms with Crippen molar-refractivity contribution in [2.45, 2.75) is 98.3 Å². The van der Waals surface area contributed by atoms with E-state index in [9.17, 15) is 0 Å². The molecule has 4 aromatic rings. The third-order valence-electron chi connectivity index (χ3n) is 7.11. The van der Waals surface area contributed by atoms with E-state index in [1.807, 2.05) is 0 Å². The molecule has 0 saturated heterocycles. The Hall–Kier alpha value is -2.86. The van der Waals surface area contributed by atoms with E-state index in [2.05, 4.69) is 139 Å². The maximum Gasteiger partial charge on any atom is -0.0149 e. The zero-order chi connectivity index (χ0) is 26.9. The van der Waals surface area contributed by atoms with Gasteiger partial charge in [0, 0.05) is 0 Å². The van der Waals surface area contributed by atoms with Crippen molar-refractivity contribution in [3.63, 3.8) is 0 Å². The van der Waals surface area contributed by atoms with Crippen LogP contribution in [0, 0.1) is 6.92 Å². The summed E-state index contributed by atoms with van der Waals surface area (Å²) in [6, 6.07) is 34.8. The first kappa shape index (κ1) is 30.4. The minimum absolute atomic E-state index is 0.668. The van der Waals surface area contributed by atoms with Crippen LogP contribution in [0.5, 0.6) is 0 Å². The van der Waals surface area contributed by atoms with Gasteiger partial charge in [-0.3, -0.25) is 0 Å². The molecule has 198 valence electrons. The molecular formula is C37H50. The van der Waals surface area contributed by atoms with Gasteiger partial charge in [-0.05, 0) is 71.9 Å². The van der Waals surface area contributed by atoms with Crippen LogP contribution in [-0.2, 0) is 6.42 Å². The van der Waals surface area contributed by atoms with Gasteiger partial charge in [0.25, 0.3) is 0 Å². The van der Waals surface area contributed by atoms with Gasteiger partial charge in [0.15, 0.2) is 0 Å². The smallest absolute Gasteiger partial charge is 0.0149 e. The Kier molecular flexibility index (Phi) is 14.4. The highest BCUT2D eigenvalue weighted by Crippen LogP contribution is 2.28. The molecule has 0 bridgehead atoms. The van der Waals surface area contributed by atoms with Crippen LogP contribution in [0.4, 0.5) is 0 Å². The Bertz CT molecular complexity index is 1100. The van der Waals surface area contributed by atoms with Crippen LogP contribution in [0.25, 0.3) is 10.8 Å². The Balaban J connectivity index is 0.000000199. The number of unbranched alkanes of at least 4 members (excludes halogenated alkanes) is 1. The van der Waals surface area contributed by atoms with E-state index in [0.29, 0.717) is 5.92 Å². The average Bonchev–Trinajstić information content (AvgIpc) is 2.94. The van der Waals surface area contributed by atoms with E-state index in [-0.39, 0.29) is 0 Å². The average molecular weight is 495 g/mol. The van der Waals surface area contributed by atoms with Crippen LogP contribution in [-0.4, -0.2) is 0 Å². The van der Waals surface area contributed by atoms with Gasteiger partial charge < -0.3 is 0 Å². The lowest BCUT2D eigenvalue weighted by molar-refractivity contribution is 0.665. The Morgan fingerprint density at radius 3 is 1.81 bits per heavy atom. The largest absolute Gasteiger partial charge is 0.0654 e. The molecule has 4 rings (SSSR count). The molecule has 37 heavy (non-hydrogen) atoms. The fourth-order valence-corrected chi connectivity index (χ4v) is 4.79. The van der Waals surface area contributed by atoms with Crippen LogP contribution in [0.3, 0.4) is 0 Å². The molecule has 0 radical (unpaired) electrons. The van der Waals surface area contributed by atoms with Gasteiger partial charge in [0.2, 0.25) is 0 Å². The van der Waals surface area contributed by atoms with Gasteiger partial charge in [-0.25, -0.2) is 0 Å². The van der Waals surface area contributed by atoms with Crippen LogP contribution < -0.4 is 0 Å². The fourth-order valence-electron chi connectivity index (χ4n) is 4.79. The summed E-state index contributed by atoms with van der Waals surface area (Å²) in [4.78, 5) is 0. The normalized spacial score (nSPS) is 12.1. The first-order valence-electron chi connectivity index (χ1n) is 14.6. The number of aryl methyl sites for hydroxylation is 2. The summed E-state index contributed by atoms with van der Waals surface area (Å²) in [5, 5.41) is 2.78. The number of fused-ring (bicyclic) bond motifs is 1. The molecule has 0 nitrogen and oxygen atoms in total. The van der Waals surface area contributed by atoms with Crippen molar-refractivity contribution < 1.29 is 0 Å². The summed E-state index contributed by atoms with van der Waals surface area (Å²) in [7, 11) is 0. The summed E-state index contributed by atoms with van der Waals surface area (Å²) in [6.07, 6.45) is 8.92. The summed E-state index contributed by atoms with van der Waals surface area (Å²) >= 11 is 0.